The van der Waals surface area contributed by atoms with Crippen LogP contribution in [0.15, 0.2) is 11.8 Å². The van der Waals surface area contributed by atoms with Gasteiger partial charge in [-0.2, -0.15) is 0 Å². The summed E-state index contributed by atoms with van der Waals surface area (Å²) in [4.78, 5) is 22.8. The van der Waals surface area contributed by atoms with E-state index < -0.39 is 5.97 Å². The number of unbranched alkanes of at least 4 members (excludes halogenated alkanes) is 2. The van der Waals surface area contributed by atoms with E-state index in [0.717, 1.165) is 19.3 Å². The van der Waals surface area contributed by atoms with Crippen molar-refractivity contribution in [2.75, 3.05) is 5.88 Å². The molecule has 0 radical (unpaired) electrons. The van der Waals surface area contributed by atoms with E-state index in [4.69, 9.17) is 16.7 Å². The van der Waals surface area contributed by atoms with Crippen LogP contribution >= 0.6 is 11.6 Å². The topological polar surface area (TPSA) is 66.4 Å². The van der Waals surface area contributed by atoms with E-state index in [1.807, 2.05) is 13.8 Å². The number of alkyl halides is 1. The smallest absolute Gasteiger partial charge is 1.00 e. The molecule has 0 unspecified atom stereocenters. The molecule has 0 aliphatic heterocycles. The van der Waals surface area contributed by atoms with Crippen molar-refractivity contribution in [3.63, 3.8) is 0 Å². The van der Waals surface area contributed by atoms with Crippen LogP contribution < -0.4 is 34.9 Å². The van der Waals surface area contributed by atoms with Gasteiger partial charge in [-0.25, -0.2) is 4.79 Å². The van der Waals surface area contributed by atoms with Gasteiger partial charge >= 0.3 is 35.5 Å². The third-order valence-electron chi connectivity index (χ3n) is 3.25. The zero-order valence-corrected chi connectivity index (χ0v) is 14.6. The average molecular weight is 298 g/mol. The molecule has 0 aromatic heterocycles. The molecule has 0 heterocycles. The predicted molar refractivity (Wildman–Crippen MR) is 71.4 cm³/mol. The molecule has 1 saturated carbocycles. The van der Waals surface area contributed by atoms with Crippen molar-refractivity contribution >= 4 is 23.5 Å². The third-order valence-corrected chi connectivity index (χ3v) is 3.52. The van der Waals surface area contributed by atoms with Gasteiger partial charge in [0.1, 0.15) is 5.70 Å². The molecule has 2 N–H and O–H groups in total. The molecule has 0 bridgehead atoms. The summed E-state index contributed by atoms with van der Waals surface area (Å²) in [6.45, 7) is 4.00. The number of amides is 1. The van der Waals surface area contributed by atoms with Gasteiger partial charge in [0, 0.05) is 11.8 Å². The first-order valence-corrected chi connectivity index (χ1v) is 6.72. The molecule has 6 heteroatoms. The first kappa shape index (κ1) is 19.0. The van der Waals surface area contributed by atoms with Gasteiger partial charge < -0.3 is 11.8 Å². The molecule has 1 fully saturated rings. The first-order valence-electron chi connectivity index (χ1n) is 6.19. The Morgan fingerprint density at radius 3 is 2.47 bits per heavy atom. The number of hydrogen-bond donors (Lipinski definition) is 2. The van der Waals surface area contributed by atoms with Crippen LogP contribution in [-0.2, 0) is 9.59 Å². The molecule has 1 amide bonds. The first-order chi connectivity index (χ1) is 8.38. The minimum absolute atomic E-state index is 0. The number of rotatable bonds is 7. The van der Waals surface area contributed by atoms with Crippen LogP contribution in [0.25, 0.3) is 0 Å². The Balaban J connectivity index is 0. The summed E-state index contributed by atoms with van der Waals surface area (Å²) in [6.07, 6.45) is 4.66. The van der Waals surface area contributed by atoms with Crippen molar-refractivity contribution in [1.29, 1.82) is 0 Å². The fourth-order valence-corrected chi connectivity index (χ4v) is 2.00. The van der Waals surface area contributed by atoms with Crippen molar-refractivity contribution in [1.82, 2.24) is 5.32 Å². The maximum atomic E-state index is 11.8. The number of halogens is 1. The Hall–Kier alpha value is -0.0300. The molecule has 0 aromatic carbocycles. The van der Waals surface area contributed by atoms with E-state index in [1.165, 1.54) is 0 Å². The van der Waals surface area contributed by atoms with E-state index in [-0.39, 0.29) is 53.9 Å². The molecule has 0 spiro atoms. The Morgan fingerprint density at radius 1 is 1.47 bits per heavy atom. The van der Waals surface area contributed by atoms with Gasteiger partial charge in [-0.1, -0.05) is 19.9 Å². The molecular weight excluding hydrogens is 277 g/mol. The Morgan fingerprint density at radius 2 is 2.05 bits per heavy atom. The molecular formula is C13H21ClNNaO3. The van der Waals surface area contributed by atoms with Crippen molar-refractivity contribution in [2.45, 2.75) is 39.5 Å². The second-order valence-electron chi connectivity index (χ2n) is 5.34. The molecule has 4 nitrogen and oxygen atoms in total. The van der Waals surface area contributed by atoms with Crippen LogP contribution in [0.5, 0.6) is 0 Å². The van der Waals surface area contributed by atoms with E-state index in [0.29, 0.717) is 12.3 Å². The normalized spacial score (nSPS) is 20.4. The summed E-state index contributed by atoms with van der Waals surface area (Å²) >= 11 is 5.54. The van der Waals surface area contributed by atoms with Gasteiger partial charge in [-0.05, 0) is 31.1 Å². The van der Waals surface area contributed by atoms with E-state index in [1.54, 1.807) is 6.08 Å². The Kier molecular flexibility index (Phi) is 8.29. The largest absolute Gasteiger partial charge is 1.00 e. The number of hydrogen-bond acceptors (Lipinski definition) is 2. The van der Waals surface area contributed by atoms with Gasteiger partial charge in [-0.3, -0.25) is 4.79 Å². The van der Waals surface area contributed by atoms with E-state index in [2.05, 4.69) is 5.32 Å². The molecule has 0 saturated heterocycles. The molecule has 104 valence electrons. The minimum atomic E-state index is -1.09. The minimum Gasteiger partial charge on any atom is -1.00 e. The summed E-state index contributed by atoms with van der Waals surface area (Å²) in [5.74, 6) is -0.777. The summed E-state index contributed by atoms with van der Waals surface area (Å²) in [5.41, 5.74) is -0.0101. The van der Waals surface area contributed by atoms with E-state index >= 15 is 0 Å². The van der Waals surface area contributed by atoms with Crippen LogP contribution in [0.1, 0.15) is 41.0 Å². The number of carbonyl (C=O) groups is 2. The molecule has 19 heavy (non-hydrogen) atoms. The average Bonchev–Trinajstić information content (AvgIpc) is 2.92. The molecule has 1 rings (SSSR count). The van der Waals surface area contributed by atoms with E-state index in [9.17, 15) is 9.59 Å². The summed E-state index contributed by atoms with van der Waals surface area (Å²) < 4.78 is 0. The molecule has 0 aromatic rings. The van der Waals surface area contributed by atoms with Gasteiger partial charge in [0.15, 0.2) is 0 Å². The van der Waals surface area contributed by atoms with Crippen LogP contribution in [0.3, 0.4) is 0 Å². The maximum absolute atomic E-state index is 11.8. The third kappa shape index (κ3) is 6.30. The van der Waals surface area contributed by atoms with Crippen LogP contribution in [0.2, 0.25) is 0 Å². The van der Waals surface area contributed by atoms with Crippen LogP contribution in [0.4, 0.5) is 0 Å². The number of carboxylic acids is 1. The number of aliphatic carboxylic acids is 1. The summed E-state index contributed by atoms with van der Waals surface area (Å²) in [5, 5.41) is 11.5. The van der Waals surface area contributed by atoms with Crippen LogP contribution in [0, 0.1) is 11.3 Å². The summed E-state index contributed by atoms with van der Waals surface area (Å²) in [7, 11) is 0. The maximum Gasteiger partial charge on any atom is 1.00 e. The standard InChI is InChI=1S/C13H20ClNO3.Na.H/c1-13(2)8-9(13)11(16)15-10(12(17)18)6-4-3-5-7-14;;/h6,9H,3-5,7-8H2,1-2H3,(H,15,16)(H,17,18);;/q;+1;-1/t9-;;/m1../s1. The summed E-state index contributed by atoms with van der Waals surface area (Å²) in [6, 6.07) is 0. The number of carboxylic acid groups (broad SMARTS) is 1. The van der Waals surface area contributed by atoms with Crippen molar-refractivity contribution in [3.05, 3.63) is 11.8 Å². The molecule has 1 atom stereocenters. The number of carbonyl (C=O) groups excluding carboxylic acids is 1. The van der Waals surface area contributed by atoms with Crippen LogP contribution in [-0.4, -0.2) is 22.9 Å². The Bertz CT molecular complexity index is 375. The van der Waals surface area contributed by atoms with Gasteiger partial charge in [0.2, 0.25) is 5.91 Å². The monoisotopic (exact) mass is 297 g/mol. The zero-order valence-electron chi connectivity index (χ0n) is 12.8. The number of nitrogens with one attached hydrogen (secondary N) is 1. The number of allylic oxidation sites excluding steroid dienone is 1. The predicted octanol–water partition coefficient (Wildman–Crippen LogP) is -0.357. The molecule has 1 aliphatic carbocycles. The van der Waals surface area contributed by atoms with Crippen molar-refractivity contribution in [3.8, 4) is 0 Å². The second-order valence-corrected chi connectivity index (χ2v) is 5.72. The SMILES string of the molecule is CC1(C)C[C@@H]1C(=O)NC(=CCCCCCl)C(=O)O.[H-].[Na+]. The van der Waals surface area contributed by atoms with Gasteiger partial charge in [0.25, 0.3) is 0 Å². The molecule has 1 aliphatic rings. The van der Waals surface area contributed by atoms with Crippen molar-refractivity contribution in [2.24, 2.45) is 11.3 Å². The quantitative estimate of drug-likeness (QED) is 0.292. The van der Waals surface area contributed by atoms with Gasteiger partial charge in [-0.15, -0.1) is 11.6 Å². The van der Waals surface area contributed by atoms with Gasteiger partial charge in [0.05, 0.1) is 0 Å². The fourth-order valence-electron chi connectivity index (χ4n) is 1.81. The second kappa shape index (κ2) is 8.30. The van der Waals surface area contributed by atoms with Crippen molar-refractivity contribution < 1.29 is 45.7 Å². The zero-order chi connectivity index (χ0) is 13.8. The Labute approximate surface area is 142 Å². The fraction of sp³-hybridized carbons (Fsp3) is 0.692.